The first-order valence-corrected chi connectivity index (χ1v) is 6.45. The molecule has 1 aliphatic carbocycles. The Kier molecular flexibility index (Phi) is 2.43. The fraction of sp³-hybridized carbons (Fsp3) is 0.500. The Morgan fingerprint density at radius 3 is 2.82 bits per heavy atom. The molecule has 4 nitrogen and oxygen atoms in total. The summed E-state index contributed by atoms with van der Waals surface area (Å²) >= 11 is 5.45. The van der Waals surface area contributed by atoms with Crippen molar-refractivity contribution in [1.82, 2.24) is 19.3 Å². The van der Waals surface area contributed by atoms with Crippen LogP contribution in [0.5, 0.6) is 0 Å². The number of hydrogen-bond acceptors (Lipinski definition) is 2. The molecule has 2 aromatic heterocycles. The normalized spacial score (nSPS) is 16.4. The molecule has 0 unspecified atom stereocenters. The number of fused-ring (bicyclic) bond motifs is 1. The van der Waals surface area contributed by atoms with E-state index >= 15 is 0 Å². The number of allylic oxidation sites excluding steroid dienone is 2. The molecule has 0 aromatic carbocycles. The van der Waals surface area contributed by atoms with Crippen LogP contribution in [-0.2, 0) is 6.54 Å². The predicted molar refractivity (Wildman–Crippen MR) is 70.7 cm³/mol. The van der Waals surface area contributed by atoms with Crippen LogP contribution in [-0.4, -0.2) is 19.3 Å². The number of imidazole rings is 1. The van der Waals surface area contributed by atoms with Gasteiger partial charge in [0.1, 0.15) is 5.52 Å². The van der Waals surface area contributed by atoms with Gasteiger partial charge in [-0.05, 0) is 38.9 Å². The fourth-order valence-corrected chi connectivity index (χ4v) is 2.93. The van der Waals surface area contributed by atoms with Gasteiger partial charge < -0.3 is 4.98 Å². The quantitative estimate of drug-likeness (QED) is 0.655. The maximum Gasteiger partial charge on any atom is 0.179 e. The highest BCUT2D eigenvalue weighted by Crippen LogP contribution is 2.29. The number of aryl methyl sites for hydroxylation is 2. The predicted octanol–water partition coefficient (Wildman–Crippen LogP) is 3.11. The van der Waals surface area contributed by atoms with E-state index in [4.69, 9.17) is 12.2 Å². The molecule has 0 radical (unpaired) electrons. The highest BCUT2D eigenvalue weighted by molar-refractivity contribution is 7.71. The summed E-state index contributed by atoms with van der Waals surface area (Å²) in [4.78, 5) is 3.29. The van der Waals surface area contributed by atoms with Crippen LogP contribution in [0.25, 0.3) is 11.2 Å². The number of nitrogens with one attached hydrogen (secondary N) is 1. The van der Waals surface area contributed by atoms with E-state index in [2.05, 4.69) is 33.7 Å². The van der Waals surface area contributed by atoms with E-state index in [1.54, 1.807) is 0 Å². The van der Waals surface area contributed by atoms with E-state index in [1.807, 2.05) is 11.6 Å². The minimum Gasteiger partial charge on any atom is -0.328 e. The van der Waals surface area contributed by atoms with Gasteiger partial charge in [-0.1, -0.05) is 12.2 Å². The van der Waals surface area contributed by atoms with Crippen molar-refractivity contribution in [3.63, 3.8) is 0 Å². The summed E-state index contributed by atoms with van der Waals surface area (Å²) in [6.07, 6.45) is 6.58. The summed E-state index contributed by atoms with van der Waals surface area (Å²) in [6, 6.07) is 0.456. The maximum absolute atomic E-state index is 5.45. The van der Waals surface area contributed by atoms with Gasteiger partial charge in [0.15, 0.2) is 10.4 Å². The summed E-state index contributed by atoms with van der Waals surface area (Å²) in [5, 5.41) is 4.54. The van der Waals surface area contributed by atoms with Crippen molar-refractivity contribution in [2.75, 3.05) is 0 Å². The Hall–Kier alpha value is -1.36. The number of rotatable bonds is 2. The maximum atomic E-state index is 5.45. The summed E-state index contributed by atoms with van der Waals surface area (Å²) in [5.74, 6) is 0. The Morgan fingerprint density at radius 2 is 2.18 bits per heavy atom. The lowest BCUT2D eigenvalue weighted by Gasteiger charge is -2.13. The molecule has 0 saturated heterocycles. The van der Waals surface area contributed by atoms with Crippen molar-refractivity contribution in [2.24, 2.45) is 0 Å². The van der Waals surface area contributed by atoms with Gasteiger partial charge in [-0.3, -0.25) is 4.57 Å². The molecule has 2 aromatic rings. The van der Waals surface area contributed by atoms with Crippen LogP contribution in [0.2, 0.25) is 0 Å². The molecule has 0 saturated carbocycles. The molecule has 0 amide bonds. The van der Waals surface area contributed by atoms with Gasteiger partial charge in [-0.25, -0.2) is 4.68 Å². The summed E-state index contributed by atoms with van der Waals surface area (Å²) in [7, 11) is 0. The average molecular weight is 248 g/mol. The van der Waals surface area contributed by atoms with Crippen LogP contribution < -0.4 is 0 Å². The van der Waals surface area contributed by atoms with Gasteiger partial charge in [0.2, 0.25) is 0 Å². The zero-order valence-corrected chi connectivity index (χ0v) is 10.9. The molecule has 0 fully saturated rings. The summed E-state index contributed by atoms with van der Waals surface area (Å²) in [5.41, 5.74) is 3.25. The largest absolute Gasteiger partial charge is 0.328 e. The molecular formula is C12H16N4S. The molecule has 0 aliphatic heterocycles. The number of aromatic nitrogens is 4. The Morgan fingerprint density at radius 1 is 1.47 bits per heavy atom. The van der Waals surface area contributed by atoms with E-state index in [1.165, 1.54) is 0 Å². The van der Waals surface area contributed by atoms with E-state index < -0.39 is 0 Å². The zero-order chi connectivity index (χ0) is 12.0. The molecule has 1 N–H and O–H groups in total. The van der Waals surface area contributed by atoms with Crippen molar-refractivity contribution in [1.29, 1.82) is 0 Å². The van der Waals surface area contributed by atoms with E-state index in [0.29, 0.717) is 6.04 Å². The van der Waals surface area contributed by atoms with Crippen LogP contribution in [0, 0.1) is 11.7 Å². The fourth-order valence-electron chi connectivity index (χ4n) is 2.60. The molecular weight excluding hydrogens is 232 g/mol. The molecule has 0 spiro atoms. The van der Waals surface area contributed by atoms with Crippen LogP contribution in [0.15, 0.2) is 12.2 Å². The monoisotopic (exact) mass is 248 g/mol. The second-order valence-corrected chi connectivity index (χ2v) is 4.88. The lowest BCUT2D eigenvalue weighted by molar-refractivity contribution is 0.523. The second-order valence-electron chi connectivity index (χ2n) is 4.50. The molecule has 17 heavy (non-hydrogen) atoms. The third kappa shape index (κ3) is 1.49. The molecule has 0 bridgehead atoms. The first kappa shape index (κ1) is 10.8. The van der Waals surface area contributed by atoms with Gasteiger partial charge in [0.05, 0.1) is 5.69 Å². The van der Waals surface area contributed by atoms with Crippen LogP contribution >= 0.6 is 12.2 Å². The Labute approximate surface area is 105 Å². The molecule has 2 heterocycles. The SMILES string of the molecule is CCn1nc(C)c2[nH]c(=S)n(C3CC=CC3)c21. The highest BCUT2D eigenvalue weighted by Gasteiger charge is 2.20. The van der Waals surface area contributed by atoms with Gasteiger partial charge in [-0.15, -0.1) is 0 Å². The summed E-state index contributed by atoms with van der Waals surface area (Å²) < 4.78 is 5.08. The lowest BCUT2D eigenvalue weighted by Crippen LogP contribution is -2.09. The third-order valence-corrected chi connectivity index (χ3v) is 3.73. The topological polar surface area (TPSA) is 38.5 Å². The van der Waals surface area contributed by atoms with Crippen LogP contribution in [0.4, 0.5) is 0 Å². The Balaban J connectivity index is 2.28. The van der Waals surface area contributed by atoms with Crippen LogP contribution in [0.3, 0.4) is 0 Å². The average Bonchev–Trinajstić information content (AvgIpc) is 2.97. The van der Waals surface area contributed by atoms with Gasteiger partial charge >= 0.3 is 0 Å². The number of nitrogens with zero attached hydrogens (tertiary/aromatic N) is 3. The second kappa shape index (κ2) is 3.84. The number of aromatic amines is 1. The minimum atomic E-state index is 0.456. The molecule has 5 heteroatoms. The smallest absolute Gasteiger partial charge is 0.179 e. The molecule has 0 atom stereocenters. The van der Waals surface area contributed by atoms with Crippen molar-refractivity contribution in [3.8, 4) is 0 Å². The van der Waals surface area contributed by atoms with Gasteiger partial charge in [0, 0.05) is 12.6 Å². The van der Waals surface area contributed by atoms with Crippen LogP contribution in [0.1, 0.15) is 31.5 Å². The van der Waals surface area contributed by atoms with E-state index in [9.17, 15) is 0 Å². The van der Waals surface area contributed by atoms with E-state index in [-0.39, 0.29) is 0 Å². The molecule has 3 rings (SSSR count). The van der Waals surface area contributed by atoms with Crippen molar-refractivity contribution in [3.05, 3.63) is 22.6 Å². The highest BCUT2D eigenvalue weighted by atomic mass is 32.1. The molecule has 90 valence electrons. The Bertz CT molecular complexity index is 635. The van der Waals surface area contributed by atoms with E-state index in [0.717, 1.165) is 41.0 Å². The third-order valence-electron chi connectivity index (χ3n) is 3.43. The van der Waals surface area contributed by atoms with Crippen molar-refractivity contribution < 1.29 is 0 Å². The zero-order valence-electron chi connectivity index (χ0n) is 10.1. The standard InChI is InChI=1S/C12H16N4S/c1-3-15-11-10(8(2)14-15)13-12(17)16(11)9-6-4-5-7-9/h4-5,9H,3,6-7H2,1-2H3,(H,13,17). The first-order chi connectivity index (χ1) is 8.22. The van der Waals surface area contributed by atoms with Crippen molar-refractivity contribution >= 4 is 23.4 Å². The number of H-pyrrole nitrogens is 1. The van der Waals surface area contributed by atoms with Gasteiger partial charge in [0.25, 0.3) is 0 Å². The lowest BCUT2D eigenvalue weighted by atomic mass is 10.2. The number of hydrogen-bond donors (Lipinski definition) is 1. The van der Waals surface area contributed by atoms with Crippen molar-refractivity contribution in [2.45, 2.75) is 39.3 Å². The molecule has 1 aliphatic rings. The first-order valence-electron chi connectivity index (χ1n) is 6.05. The minimum absolute atomic E-state index is 0.456. The summed E-state index contributed by atoms with van der Waals surface area (Å²) in [6.45, 7) is 5.01. The van der Waals surface area contributed by atoms with Gasteiger partial charge in [-0.2, -0.15) is 5.10 Å².